The molecule has 5 amide bonds. The van der Waals surface area contributed by atoms with E-state index in [0.717, 1.165) is 17.7 Å². The molecule has 9 nitrogen and oxygen atoms in total. The zero-order valence-corrected chi connectivity index (χ0v) is 16.7. The minimum absolute atomic E-state index is 0.0484. The number of rotatable bonds is 4. The third kappa shape index (κ3) is 3.55. The highest BCUT2D eigenvalue weighted by molar-refractivity contribution is 6.24. The van der Waals surface area contributed by atoms with Gasteiger partial charge in [-0.1, -0.05) is 13.0 Å². The number of ether oxygens (including phenoxy) is 1. The van der Waals surface area contributed by atoms with E-state index in [-0.39, 0.29) is 42.2 Å². The van der Waals surface area contributed by atoms with Crippen LogP contribution in [0.2, 0.25) is 0 Å². The summed E-state index contributed by atoms with van der Waals surface area (Å²) in [5, 5.41) is 2.16. The highest BCUT2D eigenvalue weighted by atomic mass is 16.5. The molecule has 3 heterocycles. The summed E-state index contributed by atoms with van der Waals surface area (Å²) in [5.74, 6) is -1.79. The molecule has 0 aliphatic carbocycles. The van der Waals surface area contributed by atoms with Crippen molar-refractivity contribution < 1.29 is 28.7 Å². The summed E-state index contributed by atoms with van der Waals surface area (Å²) in [6.45, 7) is 3.28. The second-order valence-electron chi connectivity index (χ2n) is 7.98. The lowest BCUT2D eigenvalue weighted by Gasteiger charge is -2.30. The zero-order valence-electron chi connectivity index (χ0n) is 16.7. The number of hydrogen-bond acceptors (Lipinski definition) is 6. The number of amides is 5. The van der Waals surface area contributed by atoms with Crippen LogP contribution in [0.3, 0.4) is 0 Å². The van der Waals surface area contributed by atoms with Gasteiger partial charge in [0.2, 0.25) is 11.8 Å². The molecule has 3 aliphatic rings. The third-order valence-electron chi connectivity index (χ3n) is 5.92. The maximum absolute atomic E-state index is 13.0. The Balaban J connectivity index is 1.50. The number of likely N-dealkylation sites (tertiary alicyclic amines) is 1. The molecule has 1 unspecified atom stereocenters. The Morgan fingerprint density at radius 1 is 1.10 bits per heavy atom. The van der Waals surface area contributed by atoms with Gasteiger partial charge in [0, 0.05) is 19.5 Å². The molecule has 1 N–H and O–H groups in total. The van der Waals surface area contributed by atoms with Gasteiger partial charge in [0.25, 0.3) is 17.7 Å². The molecule has 0 aromatic heterocycles. The van der Waals surface area contributed by atoms with Crippen molar-refractivity contribution >= 4 is 29.5 Å². The van der Waals surface area contributed by atoms with E-state index in [1.807, 2.05) is 0 Å². The highest BCUT2D eigenvalue weighted by Crippen LogP contribution is 2.33. The van der Waals surface area contributed by atoms with Crippen molar-refractivity contribution in [1.29, 1.82) is 0 Å². The van der Waals surface area contributed by atoms with Crippen LogP contribution in [0.1, 0.15) is 53.3 Å². The molecule has 2 saturated heterocycles. The van der Waals surface area contributed by atoms with E-state index in [1.165, 1.54) is 12.1 Å². The second kappa shape index (κ2) is 7.89. The highest BCUT2D eigenvalue weighted by Gasteiger charge is 2.46. The Kier molecular flexibility index (Phi) is 5.27. The van der Waals surface area contributed by atoms with E-state index in [1.54, 1.807) is 11.0 Å². The lowest BCUT2D eigenvalue weighted by molar-refractivity contribution is -0.136. The zero-order chi connectivity index (χ0) is 21.4. The summed E-state index contributed by atoms with van der Waals surface area (Å²) in [4.78, 5) is 64.5. The number of benzene rings is 1. The standard InChI is InChI=1S/C21H23N3O6/c1-12-7-9-23(10-8-12)17(26)11-30-15-4-2-3-13-18(15)21(29)24(20(13)28)14-5-6-16(25)22-19(14)27/h2-4,12,14H,5-11H2,1H3,(H,22,25,27). The van der Waals surface area contributed by atoms with Gasteiger partial charge in [0.05, 0.1) is 11.1 Å². The van der Waals surface area contributed by atoms with Gasteiger partial charge in [0.1, 0.15) is 11.8 Å². The lowest BCUT2D eigenvalue weighted by Crippen LogP contribution is -2.54. The molecule has 9 heteroatoms. The molecular weight excluding hydrogens is 390 g/mol. The smallest absolute Gasteiger partial charge is 0.266 e. The van der Waals surface area contributed by atoms with Crippen molar-refractivity contribution in [3.8, 4) is 5.75 Å². The SMILES string of the molecule is CC1CCN(C(=O)COc2cccc3c2C(=O)N(C2CCC(=O)NC2=O)C3=O)CC1. The molecule has 1 aromatic rings. The molecule has 0 spiro atoms. The van der Waals surface area contributed by atoms with E-state index in [4.69, 9.17) is 4.74 Å². The van der Waals surface area contributed by atoms with Gasteiger partial charge in [-0.3, -0.25) is 34.2 Å². The van der Waals surface area contributed by atoms with Crippen molar-refractivity contribution in [2.75, 3.05) is 19.7 Å². The van der Waals surface area contributed by atoms with E-state index in [0.29, 0.717) is 19.0 Å². The van der Waals surface area contributed by atoms with Crippen molar-refractivity contribution in [2.24, 2.45) is 5.92 Å². The van der Waals surface area contributed by atoms with E-state index < -0.39 is 29.7 Å². The Bertz CT molecular complexity index is 935. The van der Waals surface area contributed by atoms with Gasteiger partial charge in [0.15, 0.2) is 6.61 Å². The normalized spacial score (nSPS) is 22.2. The molecule has 0 radical (unpaired) electrons. The Labute approximate surface area is 173 Å². The van der Waals surface area contributed by atoms with Gasteiger partial charge in [-0.25, -0.2) is 0 Å². The molecule has 158 valence electrons. The van der Waals surface area contributed by atoms with E-state index >= 15 is 0 Å². The van der Waals surface area contributed by atoms with Gasteiger partial charge >= 0.3 is 0 Å². The van der Waals surface area contributed by atoms with E-state index in [2.05, 4.69) is 12.2 Å². The lowest BCUT2D eigenvalue weighted by atomic mass is 9.99. The first-order chi connectivity index (χ1) is 14.4. The maximum atomic E-state index is 13.0. The summed E-state index contributed by atoms with van der Waals surface area (Å²) in [7, 11) is 0. The number of nitrogens with one attached hydrogen (secondary N) is 1. The fraction of sp³-hybridized carbons (Fsp3) is 0.476. The van der Waals surface area contributed by atoms with Crippen molar-refractivity contribution in [3.05, 3.63) is 29.3 Å². The van der Waals surface area contributed by atoms with Crippen LogP contribution >= 0.6 is 0 Å². The molecular formula is C21H23N3O6. The average molecular weight is 413 g/mol. The topological polar surface area (TPSA) is 113 Å². The van der Waals surface area contributed by atoms with Gasteiger partial charge < -0.3 is 9.64 Å². The molecule has 3 aliphatic heterocycles. The Hall–Kier alpha value is -3.23. The predicted octanol–water partition coefficient (Wildman–Crippen LogP) is 0.725. The molecule has 1 atom stereocenters. The summed E-state index contributed by atoms with van der Waals surface area (Å²) in [6.07, 6.45) is 2.02. The average Bonchev–Trinajstić information content (AvgIpc) is 2.98. The first kappa shape index (κ1) is 20.1. The van der Waals surface area contributed by atoms with Gasteiger partial charge in [-0.05, 0) is 37.3 Å². The van der Waals surface area contributed by atoms with Crippen LogP contribution in [0, 0.1) is 5.92 Å². The van der Waals surface area contributed by atoms with Gasteiger partial charge in [-0.15, -0.1) is 0 Å². The monoisotopic (exact) mass is 413 g/mol. The Morgan fingerprint density at radius 3 is 2.53 bits per heavy atom. The van der Waals surface area contributed by atoms with Crippen LogP contribution in [0.15, 0.2) is 18.2 Å². The summed E-state index contributed by atoms with van der Waals surface area (Å²) in [5.41, 5.74) is 0.175. The first-order valence-corrected chi connectivity index (χ1v) is 10.1. The minimum Gasteiger partial charge on any atom is -0.483 e. The summed E-state index contributed by atoms with van der Waals surface area (Å²) in [6, 6.07) is 3.55. The molecule has 0 saturated carbocycles. The molecule has 1 aromatic carbocycles. The van der Waals surface area contributed by atoms with E-state index in [9.17, 15) is 24.0 Å². The van der Waals surface area contributed by atoms with Crippen LogP contribution in [0.4, 0.5) is 0 Å². The van der Waals surface area contributed by atoms with Crippen molar-refractivity contribution in [2.45, 2.75) is 38.6 Å². The fourth-order valence-electron chi connectivity index (χ4n) is 4.09. The number of carbonyl (C=O) groups is 5. The van der Waals surface area contributed by atoms with Crippen molar-refractivity contribution in [1.82, 2.24) is 15.1 Å². The molecule has 30 heavy (non-hydrogen) atoms. The number of piperidine rings is 2. The second-order valence-corrected chi connectivity index (χ2v) is 7.98. The summed E-state index contributed by atoms with van der Waals surface area (Å²) < 4.78 is 5.64. The fourth-order valence-corrected chi connectivity index (χ4v) is 4.09. The van der Waals surface area contributed by atoms with Crippen LogP contribution in [-0.2, 0) is 14.4 Å². The van der Waals surface area contributed by atoms with Crippen LogP contribution in [0.5, 0.6) is 5.75 Å². The largest absolute Gasteiger partial charge is 0.483 e. The predicted molar refractivity (Wildman–Crippen MR) is 104 cm³/mol. The first-order valence-electron chi connectivity index (χ1n) is 10.1. The van der Waals surface area contributed by atoms with Crippen molar-refractivity contribution in [3.63, 3.8) is 0 Å². The molecule has 2 fully saturated rings. The van der Waals surface area contributed by atoms with Crippen LogP contribution in [-0.4, -0.2) is 65.1 Å². The number of nitrogens with zero attached hydrogens (tertiary/aromatic N) is 2. The molecule has 0 bridgehead atoms. The minimum atomic E-state index is -1.04. The number of imide groups is 2. The molecule has 4 rings (SSSR count). The Morgan fingerprint density at radius 2 is 1.83 bits per heavy atom. The number of fused-ring (bicyclic) bond motifs is 1. The number of hydrogen-bond donors (Lipinski definition) is 1. The third-order valence-corrected chi connectivity index (χ3v) is 5.92. The summed E-state index contributed by atoms with van der Waals surface area (Å²) >= 11 is 0. The quantitative estimate of drug-likeness (QED) is 0.728. The van der Waals surface area contributed by atoms with Gasteiger partial charge in [-0.2, -0.15) is 0 Å². The number of carbonyl (C=O) groups excluding carboxylic acids is 5. The van der Waals surface area contributed by atoms with Crippen LogP contribution < -0.4 is 10.1 Å². The maximum Gasteiger partial charge on any atom is 0.266 e. The van der Waals surface area contributed by atoms with Crippen LogP contribution in [0.25, 0.3) is 0 Å².